The van der Waals surface area contributed by atoms with Crippen molar-refractivity contribution in [3.63, 3.8) is 0 Å². The molecule has 2 heterocycles. The van der Waals surface area contributed by atoms with Crippen LogP contribution in [0.4, 0.5) is 0 Å². The minimum Gasteiger partial charge on any atom is -0.489 e. The van der Waals surface area contributed by atoms with E-state index < -0.39 is 12.0 Å². The first kappa shape index (κ1) is 16.0. The van der Waals surface area contributed by atoms with Gasteiger partial charge in [0.2, 0.25) is 0 Å². The largest absolute Gasteiger partial charge is 0.489 e. The van der Waals surface area contributed by atoms with Crippen LogP contribution in [-0.2, 0) is 11.4 Å². The summed E-state index contributed by atoms with van der Waals surface area (Å²) >= 11 is 0. The number of amides is 1. The predicted octanol–water partition coefficient (Wildman–Crippen LogP) is 2.35. The fourth-order valence-electron chi connectivity index (χ4n) is 2.80. The highest BCUT2D eigenvalue weighted by Gasteiger charge is 2.34. The molecule has 1 N–H and O–H groups in total. The maximum absolute atomic E-state index is 12.6. The number of benzene rings is 1. The number of hydrogen-bond acceptors (Lipinski definition) is 4. The van der Waals surface area contributed by atoms with Crippen LogP contribution in [0.15, 0.2) is 48.8 Å². The maximum Gasteiger partial charge on any atom is 0.326 e. The molecule has 1 aliphatic heterocycles. The van der Waals surface area contributed by atoms with Crippen molar-refractivity contribution < 1.29 is 19.4 Å². The molecule has 1 fully saturated rings. The Kier molecular flexibility index (Phi) is 4.74. The van der Waals surface area contributed by atoms with E-state index in [-0.39, 0.29) is 5.91 Å². The highest BCUT2D eigenvalue weighted by molar-refractivity contribution is 5.97. The molecule has 6 nitrogen and oxygen atoms in total. The molecule has 3 rings (SSSR count). The summed E-state index contributed by atoms with van der Waals surface area (Å²) in [6, 6.07) is 9.83. The van der Waals surface area contributed by atoms with Gasteiger partial charge in [0.05, 0.1) is 0 Å². The first-order valence-electron chi connectivity index (χ1n) is 7.80. The van der Waals surface area contributed by atoms with Crippen molar-refractivity contribution in [3.05, 3.63) is 59.9 Å². The zero-order chi connectivity index (χ0) is 16.9. The highest BCUT2D eigenvalue weighted by atomic mass is 16.5. The van der Waals surface area contributed by atoms with Gasteiger partial charge in [-0.15, -0.1) is 0 Å². The van der Waals surface area contributed by atoms with Gasteiger partial charge < -0.3 is 14.7 Å². The quantitative estimate of drug-likeness (QED) is 0.912. The molecule has 0 saturated carbocycles. The van der Waals surface area contributed by atoms with Crippen molar-refractivity contribution in [3.8, 4) is 5.75 Å². The van der Waals surface area contributed by atoms with E-state index in [1.54, 1.807) is 36.7 Å². The molecule has 0 radical (unpaired) electrons. The van der Waals surface area contributed by atoms with E-state index >= 15 is 0 Å². The average Bonchev–Trinajstić information content (AvgIpc) is 3.10. The van der Waals surface area contributed by atoms with E-state index in [2.05, 4.69) is 4.98 Å². The molecule has 1 aliphatic rings. The molecule has 1 atom stereocenters. The molecule has 24 heavy (non-hydrogen) atoms. The molecule has 1 amide bonds. The van der Waals surface area contributed by atoms with E-state index in [1.807, 2.05) is 12.1 Å². The summed E-state index contributed by atoms with van der Waals surface area (Å²) in [5.41, 5.74) is 1.37. The Morgan fingerprint density at radius 1 is 1.29 bits per heavy atom. The van der Waals surface area contributed by atoms with Gasteiger partial charge in [0.1, 0.15) is 18.4 Å². The van der Waals surface area contributed by atoms with Gasteiger partial charge in [-0.1, -0.05) is 12.1 Å². The van der Waals surface area contributed by atoms with Crippen LogP contribution in [0.2, 0.25) is 0 Å². The Balaban J connectivity index is 1.70. The first-order chi connectivity index (χ1) is 11.6. The number of carboxylic acids is 1. The molecule has 0 bridgehead atoms. The molecule has 6 heteroatoms. The maximum atomic E-state index is 12.6. The molecular weight excluding hydrogens is 308 g/mol. The topological polar surface area (TPSA) is 79.7 Å². The van der Waals surface area contributed by atoms with Gasteiger partial charge in [0.25, 0.3) is 5.91 Å². The smallest absolute Gasteiger partial charge is 0.326 e. The number of aliphatic carboxylic acids is 1. The first-order valence-corrected chi connectivity index (χ1v) is 7.80. The van der Waals surface area contributed by atoms with Crippen molar-refractivity contribution in [2.24, 2.45) is 0 Å². The zero-order valence-corrected chi connectivity index (χ0v) is 13.1. The second-order valence-corrected chi connectivity index (χ2v) is 5.67. The number of nitrogens with zero attached hydrogens (tertiary/aromatic N) is 2. The van der Waals surface area contributed by atoms with Gasteiger partial charge in [-0.3, -0.25) is 9.78 Å². The zero-order valence-electron chi connectivity index (χ0n) is 13.1. The Hall–Kier alpha value is -2.89. The summed E-state index contributed by atoms with van der Waals surface area (Å²) < 4.78 is 5.69. The number of carbonyl (C=O) groups is 2. The number of ether oxygens (including phenoxy) is 1. The van der Waals surface area contributed by atoms with Crippen LogP contribution in [0, 0.1) is 0 Å². The minimum absolute atomic E-state index is 0.272. The van der Waals surface area contributed by atoms with Gasteiger partial charge in [-0.25, -0.2) is 4.79 Å². The summed E-state index contributed by atoms with van der Waals surface area (Å²) in [6.07, 6.45) is 4.62. The van der Waals surface area contributed by atoms with Gasteiger partial charge in [-0.2, -0.15) is 0 Å². The van der Waals surface area contributed by atoms with Gasteiger partial charge >= 0.3 is 5.97 Å². The Bertz CT molecular complexity index is 733. The number of rotatable bonds is 5. The number of likely N-dealkylation sites (tertiary alicyclic amines) is 1. The average molecular weight is 326 g/mol. The van der Waals surface area contributed by atoms with Crippen LogP contribution in [0.25, 0.3) is 0 Å². The standard InChI is InChI=1S/C18H18N2O4/c21-17(20-9-3-7-16(20)18(22)23)14-5-1-6-15(10-14)24-12-13-4-2-8-19-11-13/h1-2,4-6,8,10-11,16H,3,7,9,12H2,(H,22,23)/t16-/m1/s1. The molecule has 1 saturated heterocycles. The Labute approximate surface area is 139 Å². The fraction of sp³-hybridized carbons (Fsp3) is 0.278. The molecule has 0 spiro atoms. The van der Waals surface area contributed by atoms with E-state index in [4.69, 9.17) is 4.74 Å². The van der Waals surface area contributed by atoms with Crippen molar-refractivity contribution >= 4 is 11.9 Å². The summed E-state index contributed by atoms with van der Waals surface area (Å²) in [7, 11) is 0. The lowest BCUT2D eigenvalue weighted by Gasteiger charge is -2.21. The highest BCUT2D eigenvalue weighted by Crippen LogP contribution is 2.22. The van der Waals surface area contributed by atoms with Crippen molar-refractivity contribution in [2.45, 2.75) is 25.5 Å². The van der Waals surface area contributed by atoms with E-state index in [0.29, 0.717) is 37.3 Å². The van der Waals surface area contributed by atoms with Gasteiger partial charge in [0, 0.05) is 30.1 Å². The third-order valence-corrected chi connectivity index (χ3v) is 4.01. The number of carboxylic acid groups (broad SMARTS) is 1. The predicted molar refractivity (Wildman–Crippen MR) is 86.7 cm³/mol. The molecule has 124 valence electrons. The summed E-state index contributed by atoms with van der Waals surface area (Å²) in [6.45, 7) is 0.823. The lowest BCUT2D eigenvalue weighted by molar-refractivity contribution is -0.141. The fourth-order valence-corrected chi connectivity index (χ4v) is 2.80. The van der Waals surface area contributed by atoms with Crippen LogP contribution in [0.3, 0.4) is 0 Å². The van der Waals surface area contributed by atoms with E-state index in [0.717, 1.165) is 5.56 Å². The number of hydrogen-bond donors (Lipinski definition) is 1. The number of carbonyl (C=O) groups excluding carboxylic acids is 1. The van der Waals surface area contributed by atoms with Crippen LogP contribution in [-0.4, -0.2) is 39.5 Å². The second kappa shape index (κ2) is 7.12. The van der Waals surface area contributed by atoms with Crippen LogP contribution >= 0.6 is 0 Å². The molecular formula is C18H18N2O4. The summed E-state index contributed by atoms with van der Waals surface area (Å²) in [5.74, 6) is -0.660. The lowest BCUT2D eigenvalue weighted by atomic mass is 10.1. The van der Waals surface area contributed by atoms with Crippen molar-refractivity contribution in [2.75, 3.05) is 6.54 Å². The van der Waals surface area contributed by atoms with Crippen LogP contribution < -0.4 is 4.74 Å². The summed E-state index contributed by atoms with van der Waals surface area (Å²) in [4.78, 5) is 29.3. The van der Waals surface area contributed by atoms with E-state index in [9.17, 15) is 14.7 Å². The van der Waals surface area contributed by atoms with Crippen molar-refractivity contribution in [1.82, 2.24) is 9.88 Å². The van der Waals surface area contributed by atoms with Gasteiger partial charge in [-0.05, 0) is 37.1 Å². The van der Waals surface area contributed by atoms with Crippen molar-refractivity contribution in [1.29, 1.82) is 0 Å². The second-order valence-electron chi connectivity index (χ2n) is 5.67. The molecule has 1 aromatic carbocycles. The van der Waals surface area contributed by atoms with E-state index in [1.165, 1.54) is 4.90 Å². The Morgan fingerprint density at radius 3 is 2.92 bits per heavy atom. The Morgan fingerprint density at radius 2 is 2.17 bits per heavy atom. The van der Waals surface area contributed by atoms with Crippen LogP contribution in [0.1, 0.15) is 28.8 Å². The number of aromatic nitrogens is 1. The SMILES string of the molecule is O=C(O)[C@H]1CCCN1C(=O)c1cccc(OCc2cccnc2)c1. The molecule has 1 aromatic heterocycles. The molecule has 0 unspecified atom stereocenters. The molecule has 0 aliphatic carbocycles. The lowest BCUT2D eigenvalue weighted by Crippen LogP contribution is -2.40. The number of pyridine rings is 1. The van der Waals surface area contributed by atoms with Gasteiger partial charge in [0.15, 0.2) is 0 Å². The third-order valence-electron chi connectivity index (χ3n) is 4.01. The minimum atomic E-state index is -0.954. The molecule has 2 aromatic rings. The van der Waals surface area contributed by atoms with Crippen LogP contribution in [0.5, 0.6) is 5.75 Å². The summed E-state index contributed by atoms with van der Waals surface area (Å²) in [5, 5.41) is 9.22. The normalized spacial score (nSPS) is 16.8. The third kappa shape index (κ3) is 3.53. The monoisotopic (exact) mass is 326 g/mol.